The largest absolute Gasteiger partial charge is 0.455 e. The molecule has 2 aromatic rings. The molecule has 0 bridgehead atoms. The first-order valence-corrected chi connectivity index (χ1v) is 9.24. The molecule has 3 rings (SSSR count). The highest BCUT2D eigenvalue weighted by atomic mass is 19.1. The number of hydrogen-bond acceptors (Lipinski definition) is 6. The molecular formula is C21H18FN5O3. The van der Waals surface area contributed by atoms with Crippen LogP contribution in [-0.4, -0.2) is 35.5 Å². The van der Waals surface area contributed by atoms with Crippen molar-refractivity contribution in [2.75, 3.05) is 13.1 Å². The fourth-order valence-electron chi connectivity index (χ4n) is 3.28. The smallest absolute Gasteiger partial charge is 0.291 e. The second kappa shape index (κ2) is 9.01. The minimum absolute atomic E-state index is 0.0601. The highest BCUT2D eigenvalue weighted by molar-refractivity contribution is 6.07. The maximum absolute atomic E-state index is 13.0. The topological polar surface area (TPSA) is 122 Å². The van der Waals surface area contributed by atoms with Gasteiger partial charge in [-0.15, -0.1) is 0 Å². The third-order valence-electron chi connectivity index (χ3n) is 4.73. The van der Waals surface area contributed by atoms with E-state index in [-0.39, 0.29) is 24.4 Å². The number of halogens is 1. The van der Waals surface area contributed by atoms with Crippen LogP contribution in [0.3, 0.4) is 0 Å². The monoisotopic (exact) mass is 407 g/mol. The van der Waals surface area contributed by atoms with Gasteiger partial charge in [0.2, 0.25) is 0 Å². The summed E-state index contributed by atoms with van der Waals surface area (Å²) in [7, 11) is 0. The predicted molar refractivity (Wildman–Crippen MR) is 104 cm³/mol. The standard InChI is InChI=1S/C21H18FN5O3/c1-13-18-16(25-26-20(28)14-5-7-15(22)8-6-14)3-2-4-17(18)30-19(13)21(29)27(11-9-23)12-10-24/h5-8H,2-4,11-12H2,1H3,(H,26,28)/b25-16+. The quantitative estimate of drug-likeness (QED) is 0.603. The van der Waals surface area contributed by atoms with Crippen LogP contribution in [0.1, 0.15) is 50.6 Å². The van der Waals surface area contributed by atoms with Crippen molar-refractivity contribution in [3.63, 3.8) is 0 Å². The number of fused-ring (bicyclic) bond motifs is 1. The van der Waals surface area contributed by atoms with Crippen LogP contribution in [0, 0.1) is 35.4 Å². The van der Waals surface area contributed by atoms with Crippen molar-refractivity contribution < 1.29 is 18.4 Å². The molecule has 0 aliphatic heterocycles. The fourth-order valence-corrected chi connectivity index (χ4v) is 3.28. The Labute approximate surface area is 172 Å². The molecule has 2 amide bonds. The summed E-state index contributed by atoms with van der Waals surface area (Å²) in [5.41, 5.74) is 4.49. The Hall–Kier alpha value is -3.98. The third kappa shape index (κ3) is 4.20. The lowest BCUT2D eigenvalue weighted by Gasteiger charge is -2.14. The zero-order valence-corrected chi connectivity index (χ0v) is 16.2. The molecular weight excluding hydrogens is 389 g/mol. The number of hydrazone groups is 1. The van der Waals surface area contributed by atoms with E-state index in [1.165, 1.54) is 24.3 Å². The van der Waals surface area contributed by atoms with Gasteiger partial charge in [-0.25, -0.2) is 9.82 Å². The molecule has 1 aromatic heterocycles. The van der Waals surface area contributed by atoms with E-state index in [1.54, 1.807) is 6.92 Å². The van der Waals surface area contributed by atoms with Crippen LogP contribution >= 0.6 is 0 Å². The van der Waals surface area contributed by atoms with Gasteiger partial charge in [0.15, 0.2) is 5.76 Å². The number of nitrogens with one attached hydrogen (secondary N) is 1. The summed E-state index contributed by atoms with van der Waals surface area (Å²) in [4.78, 5) is 26.1. The van der Waals surface area contributed by atoms with E-state index < -0.39 is 17.6 Å². The van der Waals surface area contributed by atoms with Crippen molar-refractivity contribution in [3.8, 4) is 12.1 Å². The minimum Gasteiger partial charge on any atom is -0.455 e. The van der Waals surface area contributed by atoms with Crippen molar-refractivity contribution in [2.45, 2.75) is 26.2 Å². The minimum atomic E-state index is -0.542. The van der Waals surface area contributed by atoms with Gasteiger partial charge >= 0.3 is 0 Å². The number of benzene rings is 1. The van der Waals surface area contributed by atoms with Gasteiger partial charge in [-0.3, -0.25) is 9.59 Å². The van der Waals surface area contributed by atoms with E-state index in [9.17, 15) is 14.0 Å². The van der Waals surface area contributed by atoms with Gasteiger partial charge in [0.05, 0.1) is 17.9 Å². The summed E-state index contributed by atoms with van der Waals surface area (Å²) in [6.45, 7) is 1.24. The molecule has 0 saturated carbocycles. The van der Waals surface area contributed by atoms with Crippen LogP contribution < -0.4 is 5.43 Å². The molecule has 30 heavy (non-hydrogen) atoms. The number of hydrogen-bond donors (Lipinski definition) is 1. The molecule has 1 aliphatic rings. The Morgan fingerprint density at radius 3 is 2.50 bits per heavy atom. The van der Waals surface area contributed by atoms with Gasteiger partial charge in [-0.2, -0.15) is 15.6 Å². The number of nitrogens with zero attached hydrogens (tertiary/aromatic N) is 4. The van der Waals surface area contributed by atoms with E-state index in [2.05, 4.69) is 10.5 Å². The molecule has 1 aliphatic carbocycles. The van der Waals surface area contributed by atoms with Gasteiger partial charge in [0.1, 0.15) is 24.7 Å². The van der Waals surface area contributed by atoms with Crippen LogP contribution in [0.2, 0.25) is 0 Å². The lowest BCUT2D eigenvalue weighted by Crippen LogP contribution is -2.32. The van der Waals surface area contributed by atoms with Crippen LogP contribution in [0.5, 0.6) is 0 Å². The van der Waals surface area contributed by atoms with Gasteiger partial charge in [0, 0.05) is 23.1 Å². The molecule has 0 fully saturated rings. The summed E-state index contributed by atoms with van der Waals surface area (Å²) < 4.78 is 18.8. The lowest BCUT2D eigenvalue weighted by molar-refractivity contribution is 0.0760. The van der Waals surface area contributed by atoms with Crippen molar-refractivity contribution in [1.82, 2.24) is 10.3 Å². The van der Waals surface area contributed by atoms with E-state index in [4.69, 9.17) is 14.9 Å². The number of rotatable bonds is 5. The van der Waals surface area contributed by atoms with E-state index in [1.807, 2.05) is 12.1 Å². The average Bonchev–Trinajstić information content (AvgIpc) is 3.09. The summed E-state index contributed by atoms with van der Waals surface area (Å²) in [6, 6.07) is 8.81. The molecule has 0 spiro atoms. The zero-order valence-electron chi connectivity index (χ0n) is 16.2. The van der Waals surface area contributed by atoms with Crippen molar-refractivity contribution in [3.05, 3.63) is 58.3 Å². The molecule has 9 heteroatoms. The van der Waals surface area contributed by atoms with Crippen LogP contribution in [0.4, 0.5) is 4.39 Å². The predicted octanol–water partition coefficient (Wildman–Crippen LogP) is 2.69. The first kappa shape index (κ1) is 20.7. The van der Waals surface area contributed by atoms with E-state index in [0.717, 1.165) is 11.3 Å². The molecule has 8 nitrogen and oxygen atoms in total. The molecule has 0 saturated heterocycles. The zero-order chi connectivity index (χ0) is 21.7. The number of nitriles is 2. The first-order chi connectivity index (χ1) is 14.5. The number of amides is 2. The van der Waals surface area contributed by atoms with Crippen molar-refractivity contribution in [2.24, 2.45) is 5.10 Å². The molecule has 0 atom stereocenters. The van der Waals surface area contributed by atoms with E-state index >= 15 is 0 Å². The van der Waals surface area contributed by atoms with Gasteiger partial charge in [0.25, 0.3) is 11.8 Å². The van der Waals surface area contributed by atoms with Crippen LogP contribution in [0.15, 0.2) is 33.8 Å². The summed E-state index contributed by atoms with van der Waals surface area (Å²) in [6.07, 6.45) is 1.90. The fraction of sp³-hybridized carbons (Fsp3) is 0.286. The van der Waals surface area contributed by atoms with Gasteiger partial charge in [-0.05, 0) is 44.0 Å². The van der Waals surface area contributed by atoms with Crippen LogP contribution in [-0.2, 0) is 6.42 Å². The average molecular weight is 407 g/mol. The Bertz CT molecular complexity index is 1070. The van der Waals surface area contributed by atoms with Gasteiger partial charge < -0.3 is 9.32 Å². The number of carbonyl (C=O) groups is 2. The first-order valence-electron chi connectivity index (χ1n) is 9.24. The lowest BCUT2D eigenvalue weighted by atomic mass is 9.93. The summed E-state index contributed by atoms with van der Waals surface area (Å²) >= 11 is 0. The molecule has 0 unspecified atom stereocenters. The molecule has 1 aromatic carbocycles. The van der Waals surface area contributed by atoms with Crippen molar-refractivity contribution >= 4 is 17.5 Å². The third-order valence-corrected chi connectivity index (χ3v) is 4.73. The second-order valence-corrected chi connectivity index (χ2v) is 6.69. The van der Waals surface area contributed by atoms with E-state index in [0.29, 0.717) is 35.4 Å². The van der Waals surface area contributed by atoms with Crippen LogP contribution in [0.25, 0.3) is 0 Å². The SMILES string of the molecule is Cc1c(C(=O)N(CC#N)CC#N)oc2c1/C(=N/NC(=O)c1ccc(F)cc1)CCC2. The molecule has 152 valence electrons. The maximum atomic E-state index is 13.0. The highest BCUT2D eigenvalue weighted by Gasteiger charge is 2.30. The Balaban J connectivity index is 1.87. The second-order valence-electron chi connectivity index (χ2n) is 6.69. The highest BCUT2D eigenvalue weighted by Crippen LogP contribution is 2.30. The number of furan rings is 1. The Morgan fingerprint density at radius 1 is 1.20 bits per heavy atom. The normalized spacial score (nSPS) is 13.8. The molecule has 1 heterocycles. The number of aryl methyl sites for hydroxylation is 1. The number of carbonyl (C=O) groups excluding carboxylic acids is 2. The Kier molecular flexibility index (Phi) is 6.23. The summed E-state index contributed by atoms with van der Waals surface area (Å²) in [5.74, 6) is -0.834. The summed E-state index contributed by atoms with van der Waals surface area (Å²) in [5, 5.41) is 22.0. The van der Waals surface area contributed by atoms with Crippen molar-refractivity contribution in [1.29, 1.82) is 10.5 Å². The van der Waals surface area contributed by atoms with Gasteiger partial charge in [-0.1, -0.05) is 0 Å². The molecule has 0 radical (unpaired) electrons. The Morgan fingerprint density at radius 2 is 1.87 bits per heavy atom. The maximum Gasteiger partial charge on any atom is 0.291 e. The molecule has 1 N–H and O–H groups in total.